The molecule has 0 spiro atoms. The van der Waals surface area contributed by atoms with Crippen molar-refractivity contribution in [3.8, 4) is 11.3 Å². The largest absolute Gasteiger partial charge is 0.455 e. The van der Waals surface area contributed by atoms with E-state index in [0.717, 1.165) is 23.4 Å². The van der Waals surface area contributed by atoms with Crippen LogP contribution >= 0.6 is 0 Å². The molecule has 3 aliphatic carbocycles. The Kier molecular flexibility index (Phi) is 4.16. The van der Waals surface area contributed by atoms with Gasteiger partial charge in [-0.05, 0) is 49.3 Å². The van der Waals surface area contributed by atoms with Crippen LogP contribution in [0, 0.1) is 40.7 Å². The molecule has 4 atom stereocenters. The monoisotopic (exact) mass is 405 g/mol. The molecule has 2 aromatic rings. The molecule has 30 heavy (non-hydrogen) atoms. The average molecular weight is 405 g/mol. The maximum atomic E-state index is 12.8. The van der Waals surface area contributed by atoms with Crippen molar-refractivity contribution in [3.63, 3.8) is 0 Å². The summed E-state index contributed by atoms with van der Waals surface area (Å²) < 4.78 is 5.76. The zero-order valence-electron chi connectivity index (χ0n) is 16.2. The quantitative estimate of drug-likeness (QED) is 0.254. The van der Waals surface area contributed by atoms with Crippen molar-refractivity contribution < 1.29 is 18.9 Å². The average Bonchev–Trinajstić information content (AvgIpc) is 3.32. The maximum absolute atomic E-state index is 12.8. The first-order valence-electron chi connectivity index (χ1n) is 9.89. The number of rotatable bonds is 4. The molecular formula is C22H19N3O5. The summed E-state index contributed by atoms with van der Waals surface area (Å²) in [7, 11) is 0. The van der Waals surface area contributed by atoms with Crippen LogP contribution in [0.25, 0.3) is 11.3 Å². The van der Waals surface area contributed by atoms with Crippen molar-refractivity contribution in [2.75, 3.05) is 0 Å². The maximum Gasteiger partial charge on any atom is 0.270 e. The van der Waals surface area contributed by atoms with Crippen molar-refractivity contribution >= 4 is 23.7 Å². The Morgan fingerprint density at radius 3 is 2.37 bits per heavy atom. The predicted octanol–water partition coefficient (Wildman–Crippen LogP) is 3.69. The van der Waals surface area contributed by atoms with Crippen LogP contribution in [0.5, 0.6) is 0 Å². The van der Waals surface area contributed by atoms with E-state index in [1.54, 1.807) is 18.2 Å². The second kappa shape index (κ2) is 6.76. The molecule has 0 unspecified atom stereocenters. The summed E-state index contributed by atoms with van der Waals surface area (Å²) in [5.41, 5.74) is 1.41. The number of nitro groups is 1. The van der Waals surface area contributed by atoms with Gasteiger partial charge < -0.3 is 4.42 Å². The highest BCUT2D eigenvalue weighted by Gasteiger charge is 2.56. The molecule has 8 heteroatoms. The molecule has 152 valence electrons. The van der Waals surface area contributed by atoms with E-state index in [9.17, 15) is 19.7 Å². The number of amides is 2. The third-order valence-electron chi connectivity index (χ3n) is 6.36. The van der Waals surface area contributed by atoms with Gasteiger partial charge in [0, 0.05) is 17.7 Å². The molecule has 1 aromatic carbocycles. The number of imide groups is 1. The van der Waals surface area contributed by atoms with Gasteiger partial charge in [0.25, 0.3) is 17.5 Å². The van der Waals surface area contributed by atoms with Gasteiger partial charge in [0.2, 0.25) is 0 Å². The zero-order valence-corrected chi connectivity index (χ0v) is 16.2. The number of carbonyl (C=O) groups excluding carboxylic acids is 2. The lowest BCUT2D eigenvalue weighted by Gasteiger charge is -2.37. The van der Waals surface area contributed by atoms with Gasteiger partial charge in [-0.3, -0.25) is 19.7 Å². The second-order valence-electron chi connectivity index (χ2n) is 8.03. The van der Waals surface area contributed by atoms with Gasteiger partial charge in [-0.15, -0.1) is 0 Å². The number of non-ortho nitro benzene ring substituents is 1. The van der Waals surface area contributed by atoms with E-state index < -0.39 is 4.92 Å². The molecule has 2 heterocycles. The first-order chi connectivity index (χ1) is 14.4. The fourth-order valence-electron chi connectivity index (χ4n) is 4.84. The summed E-state index contributed by atoms with van der Waals surface area (Å²) in [6.07, 6.45) is 7.34. The number of fused-ring (bicyclic) bond motifs is 1. The van der Waals surface area contributed by atoms with Gasteiger partial charge >= 0.3 is 0 Å². The third-order valence-corrected chi connectivity index (χ3v) is 6.36. The Bertz CT molecular complexity index is 1100. The van der Waals surface area contributed by atoms with E-state index >= 15 is 0 Å². The molecule has 1 aromatic heterocycles. The van der Waals surface area contributed by atoms with Gasteiger partial charge in [-0.2, -0.15) is 10.1 Å². The molecule has 1 saturated carbocycles. The number of allylic oxidation sites excluding steroid dienone is 2. The van der Waals surface area contributed by atoms with Crippen LogP contribution in [0.3, 0.4) is 0 Å². The highest BCUT2D eigenvalue weighted by molar-refractivity contribution is 6.06. The van der Waals surface area contributed by atoms with E-state index in [1.807, 2.05) is 6.92 Å². The summed E-state index contributed by atoms with van der Waals surface area (Å²) in [4.78, 5) is 36.2. The number of hydrazone groups is 1. The molecule has 1 saturated heterocycles. The van der Waals surface area contributed by atoms with Crippen LogP contribution in [0.4, 0.5) is 5.69 Å². The summed E-state index contributed by atoms with van der Waals surface area (Å²) in [5.74, 6) is -0.0769. The number of nitro benzene ring substituents is 1. The molecule has 1 aliphatic heterocycles. The van der Waals surface area contributed by atoms with Crippen LogP contribution in [0.15, 0.2) is 52.0 Å². The lowest BCUT2D eigenvalue weighted by atomic mass is 9.63. The first kappa shape index (κ1) is 18.5. The summed E-state index contributed by atoms with van der Waals surface area (Å²) in [6.45, 7) is 1.83. The summed E-state index contributed by atoms with van der Waals surface area (Å²) in [5, 5.41) is 16.2. The van der Waals surface area contributed by atoms with Gasteiger partial charge in [0.15, 0.2) is 0 Å². The zero-order chi connectivity index (χ0) is 21.0. The fourth-order valence-corrected chi connectivity index (χ4v) is 4.84. The molecule has 0 radical (unpaired) electrons. The molecule has 8 nitrogen and oxygen atoms in total. The molecule has 6 rings (SSSR count). The molecule has 2 bridgehead atoms. The van der Waals surface area contributed by atoms with E-state index in [1.165, 1.54) is 18.3 Å². The lowest BCUT2D eigenvalue weighted by Crippen LogP contribution is -2.38. The highest BCUT2D eigenvalue weighted by atomic mass is 16.6. The molecule has 2 amide bonds. The molecular weight excluding hydrogens is 386 g/mol. The number of aryl methyl sites for hydroxylation is 1. The first-order valence-corrected chi connectivity index (χ1v) is 9.89. The van der Waals surface area contributed by atoms with E-state index in [-0.39, 0.29) is 41.2 Å². The second-order valence-corrected chi connectivity index (χ2v) is 8.03. The summed E-state index contributed by atoms with van der Waals surface area (Å²) in [6, 6.07) is 7.90. The minimum absolute atomic E-state index is 0.0266. The smallest absolute Gasteiger partial charge is 0.270 e. The Balaban J connectivity index is 1.39. The topological polar surface area (TPSA) is 106 Å². The number of furan rings is 1. The van der Waals surface area contributed by atoms with Crippen LogP contribution in [-0.2, 0) is 9.59 Å². The molecule has 4 aliphatic rings. The lowest BCUT2D eigenvalue weighted by molar-refractivity contribution is -0.384. The Labute approximate surface area is 172 Å². The molecule has 0 N–H and O–H groups in total. The number of carbonyl (C=O) groups is 2. The van der Waals surface area contributed by atoms with Gasteiger partial charge in [-0.25, -0.2) is 0 Å². The van der Waals surface area contributed by atoms with E-state index in [0.29, 0.717) is 17.1 Å². The number of hydrogen-bond acceptors (Lipinski definition) is 6. The minimum atomic E-state index is -0.458. The van der Waals surface area contributed by atoms with Gasteiger partial charge in [0.1, 0.15) is 11.5 Å². The predicted molar refractivity (Wildman–Crippen MR) is 107 cm³/mol. The Morgan fingerprint density at radius 2 is 1.77 bits per heavy atom. The normalized spacial score (nSPS) is 27.3. The van der Waals surface area contributed by atoms with E-state index in [2.05, 4.69) is 17.3 Å². The van der Waals surface area contributed by atoms with Crippen molar-refractivity contribution in [1.82, 2.24) is 5.01 Å². The number of nitrogens with zero attached hydrogens (tertiary/aromatic N) is 3. The highest BCUT2D eigenvalue weighted by Crippen LogP contribution is 2.49. The van der Waals surface area contributed by atoms with Crippen LogP contribution in [-0.4, -0.2) is 28.0 Å². The van der Waals surface area contributed by atoms with E-state index in [4.69, 9.17) is 4.42 Å². The standard InChI is InChI=1S/C22H19N3O5/c1-12-2-7-15(25(28)29)10-17(12)18-9-8-16(30-18)11-23-24-21(26)19-13-3-4-14(6-5-13)20(19)22(24)27/h2-4,7-11,13-14,19-20H,5-6H2,1H3/b23-11-/t13-,14+,19-,20-/m0/s1. The Morgan fingerprint density at radius 1 is 1.10 bits per heavy atom. The van der Waals surface area contributed by atoms with Gasteiger partial charge in [-0.1, -0.05) is 18.2 Å². The molecule has 2 fully saturated rings. The SMILES string of the molecule is Cc1ccc([N+](=O)[O-])cc1-c1ccc(/C=N\N2C(=O)[C@@H]3[C@@H](C2=O)[C@H]2C=C[C@@H]3CC2)o1. The van der Waals surface area contributed by atoms with Crippen LogP contribution in [0.2, 0.25) is 0 Å². The van der Waals surface area contributed by atoms with Crippen LogP contribution in [0.1, 0.15) is 24.2 Å². The fraction of sp³-hybridized carbons (Fsp3) is 0.318. The van der Waals surface area contributed by atoms with Crippen molar-refractivity contribution in [2.45, 2.75) is 19.8 Å². The van der Waals surface area contributed by atoms with Crippen molar-refractivity contribution in [1.29, 1.82) is 0 Å². The number of benzene rings is 1. The van der Waals surface area contributed by atoms with Crippen molar-refractivity contribution in [2.24, 2.45) is 28.8 Å². The summed E-state index contributed by atoms with van der Waals surface area (Å²) >= 11 is 0. The van der Waals surface area contributed by atoms with Crippen molar-refractivity contribution in [3.05, 3.63) is 63.9 Å². The number of hydrogen-bond donors (Lipinski definition) is 0. The minimum Gasteiger partial charge on any atom is -0.455 e. The third kappa shape index (κ3) is 2.79. The Hall–Kier alpha value is -3.55. The van der Waals surface area contributed by atoms with Gasteiger partial charge in [0.05, 0.1) is 23.0 Å². The van der Waals surface area contributed by atoms with Crippen LogP contribution < -0.4 is 0 Å².